The molecule has 1 aromatic heterocycles. The van der Waals surface area contributed by atoms with Crippen molar-refractivity contribution < 1.29 is 0 Å². The topological polar surface area (TPSA) is 65.1 Å². The van der Waals surface area contributed by atoms with Crippen molar-refractivity contribution >= 4 is 5.96 Å². The molecule has 3 N–H and O–H groups in total. The number of guanidine groups is 1. The molecule has 1 heterocycles. The molecule has 0 spiro atoms. The second-order valence-electron chi connectivity index (χ2n) is 5.81. The fourth-order valence-corrected chi connectivity index (χ4v) is 2.61. The number of nitrogens with zero attached hydrogens (tertiary/aromatic N) is 2. The molecule has 0 amide bonds. The summed E-state index contributed by atoms with van der Waals surface area (Å²) in [5.41, 5.74) is 3.36. The van der Waals surface area contributed by atoms with Crippen molar-refractivity contribution in [1.29, 1.82) is 0 Å². The van der Waals surface area contributed by atoms with E-state index in [4.69, 9.17) is 0 Å². The van der Waals surface area contributed by atoms with E-state index < -0.39 is 0 Å². The zero-order chi connectivity index (χ0) is 17.5. The molecule has 5 heteroatoms. The number of aromatic nitrogens is 2. The van der Waals surface area contributed by atoms with Crippen LogP contribution in [0.15, 0.2) is 71.9 Å². The summed E-state index contributed by atoms with van der Waals surface area (Å²) in [4.78, 5) is 12.1. The smallest absolute Gasteiger partial charge is 0.191 e. The largest absolute Gasteiger partial charge is 0.350 e. The van der Waals surface area contributed by atoms with Crippen LogP contribution in [0.25, 0.3) is 11.3 Å². The number of aromatic amines is 1. The van der Waals surface area contributed by atoms with E-state index in [0.717, 1.165) is 23.0 Å². The van der Waals surface area contributed by atoms with Gasteiger partial charge in [0.15, 0.2) is 5.96 Å². The van der Waals surface area contributed by atoms with Crippen molar-refractivity contribution in [3.05, 3.63) is 78.2 Å². The Morgan fingerprint density at radius 3 is 2.44 bits per heavy atom. The van der Waals surface area contributed by atoms with Gasteiger partial charge in [0.1, 0.15) is 5.82 Å². The van der Waals surface area contributed by atoms with Crippen LogP contribution in [0, 0.1) is 0 Å². The lowest BCUT2D eigenvalue weighted by Gasteiger charge is -2.17. The molecular weight excluding hydrogens is 310 g/mol. The standard InChI is InChI=1S/C20H23N5/c1-15(16-9-5-3-6-10-16)24-20(21-2)23-14-19-22-13-18(25-19)17-11-7-4-8-12-17/h3-13,15H,14H2,1-2H3,(H,22,25)(H2,21,23,24). The van der Waals surface area contributed by atoms with Crippen LogP contribution in [0.1, 0.15) is 24.4 Å². The van der Waals surface area contributed by atoms with Crippen LogP contribution in [0.4, 0.5) is 0 Å². The van der Waals surface area contributed by atoms with E-state index in [0.29, 0.717) is 6.54 Å². The third-order valence-corrected chi connectivity index (χ3v) is 4.01. The molecule has 0 saturated heterocycles. The monoisotopic (exact) mass is 333 g/mol. The number of rotatable bonds is 5. The van der Waals surface area contributed by atoms with Crippen molar-refractivity contribution in [2.24, 2.45) is 4.99 Å². The third-order valence-electron chi connectivity index (χ3n) is 4.01. The zero-order valence-electron chi connectivity index (χ0n) is 14.5. The number of benzene rings is 2. The maximum absolute atomic E-state index is 4.44. The van der Waals surface area contributed by atoms with Crippen LogP contribution in [-0.4, -0.2) is 23.0 Å². The SMILES string of the molecule is CN=C(NCc1ncc(-c2ccccc2)[nH]1)NC(C)c1ccccc1. The summed E-state index contributed by atoms with van der Waals surface area (Å²) in [6.07, 6.45) is 1.86. The van der Waals surface area contributed by atoms with E-state index in [1.54, 1.807) is 7.05 Å². The molecule has 25 heavy (non-hydrogen) atoms. The average molecular weight is 333 g/mol. The van der Waals surface area contributed by atoms with Crippen molar-refractivity contribution in [1.82, 2.24) is 20.6 Å². The van der Waals surface area contributed by atoms with Gasteiger partial charge in [0, 0.05) is 7.05 Å². The number of nitrogens with one attached hydrogen (secondary N) is 3. The summed E-state index contributed by atoms with van der Waals surface area (Å²) in [6, 6.07) is 20.6. The number of imidazole rings is 1. The van der Waals surface area contributed by atoms with Crippen molar-refractivity contribution in [3.8, 4) is 11.3 Å². The van der Waals surface area contributed by atoms with Crippen LogP contribution < -0.4 is 10.6 Å². The molecule has 3 aromatic rings. The Morgan fingerprint density at radius 1 is 1.08 bits per heavy atom. The van der Waals surface area contributed by atoms with Gasteiger partial charge in [-0.05, 0) is 18.1 Å². The highest BCUT2D eigenvalue weighted by molar-refractivity contribution is 5.80. The van der Waals surface area contributed by atoms with E-state index in [1.807, 2.05) is 42.6 Å². The van der Waals surface area contributed by atoms with Gasteiger partial charge in [-0.15, -0.1) is 0 Å². The van der Waals surface area contributed by atoms with Gasteiger partial charge in [0.05, 0.1) is 24.5 Å². The van der Waals surface area contributed by atoms with Gasteiger partial charge in [-0.2, -0.15) is 0 Å². The maximum Gasteiger partial charge on any atom is 0.191 e. The van der Waals surface area contributed by atoms with Crippen LogP contribution in [0.2, 0.25) is 0 Å². The molecule has 1 unspecified atom stereocenters. The molecular formula is C20H23N5. The fraction of sp³-hybridized carbons (Fsp3) is 0.200. The highest BCUT2D eigenvalue weighted by Gasteiger charge is 2.08. The fourth-order valence-electron chi connectivity index (χ4n) is 2.61. The Bertz CT molecular complexity index is 808. The molecule has 5 nitrogen and oxygen atoms in total. The lowest BCUT2D eigenvalue weighted by atomic mass is 10.1. The normalized spacial score (nSPS) is 12.6. The lowest BCUT2D eigenvalue weighted by Crippen LogP contribution is -2.38. The first kappa shape index (κ1) is 16.8. The quantitative estimate of drug-likeness (QED) is 0.494. The summed E-state index contributed by atoms with van der Waals surface area (Å²) in [5, 5.41) is 6.69. The summed E-state index contributed by atoms with van der Waals surface area (Å²) in [5.74, 6) is 1.61. The molecule has 0 radical (unpaired) electrons. The van der Waals surface area contributed by atoms with E-state index >= 15 is 0 Å². The summed E-state index contributed by atoms with van der Waals surface area (Å²) in [6.45, 7) is 2.69. The molecule has 0 aliphatic rings. The Balaban J connectivity index is 1.58. The van der Waals surface area contributed by atoms with E-state index in [9.17, 15) is 0 Å². The van der Waals surface area contributed by atoms with Crippen molar-refractivity contribution in [2.75, 3.05) is 7.05 Å². The van der Waals surface area contributed by atoms with Gasteiger partial charge >= 0.3 is 0 Å². The van der Waals surface area contributed by atoms with Gasteiger partial charge < -0.3 is 15.6 Å². The Hall–Kier alpha value is -3.08. The predicted octanol–water partition coefficient (Wildman–Crippen LogP) is 3.50. The molecule has 0 saturated carbocycles. The molecule has 1 atom stereocenters. The van der Waals surface area contributed by atoms with Gasteiger partial charge in [0.2, 0.25) is 0 Å². The molecule has 0 aliphatic carbocycles. The van der Waals surface area contributed by atoms with E-state index in [1.165, 1.54) is 5.56 Å². The first-order valence-electron chi connectivity index (χ1n) is 8.37. The summed E-state index contributed by atoms with van der Waals surface area (Å²) < 4.78 is 0. The Morgan fingerprint density at radius 2 is 1.76 bits per heavy atom. The minimum absolute atomic E-state index is 0.170. The highest BCUT2D eigenvalue weighted by Crippen LogP contribution is 2.16. The number of hydrogen-bond donors (Lipinski definition) is 3. The van der Waals surface area contributed by atoms with Crippen molar-refractivity contribution in [3.63, 3.8) is 0 Å². The highest BCUT2D eigenvalue weighted by atomic mass is 15.2. The minimum atomic E-state index is 0.170. The van der Waals surface area contributed by atoms with Gasteiger partial charge in [-0.3, -0.25) is 4.99 Å². The Labute approximate surface area is 148 Å². The third kappa shape index (κ3) is 4.47. The lowest BCUT2D eigenvalue weighted by molar-refractivity contribution is 0.680. The van der Waals surface area contributed by atoms with Crippen molar-refractivity contribution in [2.45, 2.75) is 19.5 Å². The Kier molecular flexibility index (Phi) is 5.46. The van der Waals surface area contributed by atoms with Crippen LogP contribution >= 0.6 is 0 Å². The molecule has 0 fully saturated rings. The number of hydrogen-bond acceptors (Lipinski definition) is 2. The minimum Gasteiger partial charge on any atom is -0.350 e. The second kappa shape index (κ2) is 8.15. The molecule has 0 bridgehead atoms. The zero-order valence-corrected chi connectivity index (χ0v) is 14.5. The first-order chi connectivity index (χ1) is 12.3. The molecule has 3 rings (SSSR count). The number of aliphatic imine (C=N–C) groups is 1. The van der Waals surface area contributed by atoms with Gasteiger partial charge in [0.25, 0.3) is 0 Å². The van der Waals surface area contributed by atoms with Crippen LogP contribution in [0.3, 0.4) is 0 Å². The first-order valence-corrected chi connectivity index (χ1v) is 8.37. The molecule has 2 aromatic carbocycles. The number of H-pyrrole nitrogens is 1. The second-order valence-corrected chi connectivity index (χ2v) is 5.81. The van der Waals surface area contributed by atoms with E-state index in [2.05, 4.69) is 56.8 Å². The summed E-state index contributed by atoms with van der Waals surface area (Å²) >= 11 is 0. The van der Waals surface area contributed by atoms with Crippen LogP contribution in [0.5, 0.6) is 0 Å². The molecule has 0 aliphatic heterocycles. The predicted molar refractivity (Wildman–Crippen MR) is 102 cm³/mol. The van der Waals surface area contributed by atoms with Gasteiger partial charge in [-0.25, -0.2) is 4.98 Å². The summed E-state index contributed by atoms with van der Waals surface area (Å²) in [7, 11) is 1.77. The average Bonchev–Trinajstić information content (AvgIpc) is 3.15. The molecule has 128 valence electrons. The van der Waals surface area contributed by atoms with E-state index in [-0.39, 0.29) is 6.04 Å². The maximum atomic E-state index is 4.44. The van der Waals surface area contributed by atoms with Crippen LogP contribution in [-0.2, 0) is 6.54 Å². The van der Waals surface area contributed by atoms with Gasteiger partial charge in [-0.1, -0.05) is 60.7 Å².